The number of rotatable bonds is 5. The molecular formula is C28H34N2O4. The number of carbonyl (C=O) groups is 2. The van der Waals surface area contributed by atoms with Crippen LogP contribution in [-0.2, 0) is 27.8 Å². The number of likely N-dealkylation sites (N-methyl/N-ethyl adjacent to an activating group) is 1. The van der Waals surface area contributed by atoms with E-state index < -0.39 is 12.0 Å². The second-order valence-electron chi connectivity index (χ2n) is 10.4. The maximum absolute atomic E-state index is 13.1. The van der Waals surface area contributed by atoms with E-state index in [1.807, 2.05) is 6.07 Å². The van der Waals surface area contributed by atoms with Crippen molar-refractivity contribution in [1.29, 1.82) is 0 Å². The number of likely N-dealkylation sites (tertiary alicyclic amines) is 1. The molecule has 6 nitrogen and oxygen atoms in total. The molecule has 2 aliphatic carbocycles. The molecule has 2 N–H and O–H groups in total. The minimum Gasteiger partial charge on any atom is -0.508 e. The highest BCUT2D eigenvalue weighted by Crippen LogP contribution is 2.55. The van der Waals surface area contributed by atoms with Gasteiger partial charge in [-0.15, -0.1) is 0 Å². The van der Waals surface area contributed by atoms with Gasteiger partial charge in [-0.25, -0.2) is 4.79 Å². The topological polar surface area (TPSA) is 78.9 Å². The van der Waals surface area contributed by atoms with Crippen molar-refractivity contribution in [3.8, 4) is 11.5 Å². The van der Waals surface area contributed by atoms with Crippen molar-refractivity contribution in [2.24, 2.45) is 5.92 Å². The van der Waals surface area contributed by atoms with Crippen LogP contribution in [0, 0.1) is 5.92 Å². The molecule has 1 saturated heterocycles. The number of phenols is 1. The first-order valence-electron chi connectivity index (χ1n) is 12.5. The van der Waals surface area contributed by atoms with Gasteiger partial charge in [0.25, 0.3) is 0 Å². The van der Waals surface area contributed by atoms with E-state index in [0.29, 0.717) is 24.1 Å². The molecule has 3 aliphatic rings. The molecule has 180 valence electrons. The molecule has 34 heavy (non-hydrogen) atoms. The number of piperidine rings is 1. The maximum atomic E-state index is 13.1. The van der Waals surface area contributed by atoms with Gasteiger partial charge in [-0.3, -0.25) is 4.79 Å². The van der Waals surface area contributed by atoms with Crippen LogP contribution in [0.5, 0.6) is 11.5 Å². The third-order valence-electron chi connectivity index (χ3n) is 8.34. The van der Waals surface area contributed by atoms with Crippen LogP contribution in [0.25, 0.3) is 0 Å². The summed E-state index contributed by atoms with van der Waals surface area (Å²) in [7, 11) is 2.26. The Morgan fingerprint density at radius 3 is 2.74 bits per heavy atom. The smallest absolute Gasteiger partial charge is 0.334 e. The molecule has 4 atom stereocenters. The number of ether oxygens (including phenoxy) is 1. The van der Waals surface area contributed by atoms with Gasteiger partial charge in [0.2, 0.25) is 5.91 Å². The predicted octanol–water partition coefficient (Wildman–Crippen LogP) is 3.73. The lowest BCUT2D eigenvalue weighted by Gasteiger charge is -2.58. The summed E-state index contributed by atoms with van der Waals surface area (Å²) < 4.78 is 5.86. The number of hydrogen-bond acceptors (Lipinski definition) is 5. The maximum Gasteiger partial charge on any atom is 0.334 e. The van der Waals surface area contributed by atoms with Crippen molar-refractivity contribution in [3.05, 3.63) is 59.2 Å². The van der Waals surface area contributed by atoms with E-state index in [4.69, 9.17) is 4.74 Å². The average molecular weight is 463 g/mol. The summed E-state index contributed by atoms with van der Waals surface area (Å²) in [5, 5.41) is 12.3. The Morgan fingerprint density at radius 2 is 1.97 bits per heavy atom. The SMILES string of the molecule is CC(=O)NC(Cc1ccc(O)cc1)C(=O)Oc1ccc2c(c1)[C@@]13CCCCC1C(C2)N(C)CC3. The van der Waals surface area contributed by atoms with E-state index in [9.17, 15) is 14.7 Å². The summed E-state index contributed by atoms with van der Waals surface area (Å²) in [5.41, 5.74) is 3.79. The van der Waals surface area contributed by atoms with Crippen molar-refractivity contribution < 1.29 is 19.4 Å². The Bertz CT molecular complexity index is 1080. The lowest BCUT2D eigenvalue weighted by molar-refractivity contribution is -0.139. The van der Waals surface area contributed by atoms with Crippen LogP contribution in [0.2, 0.25) is 0 Å². The molecule has 1 saturated carbocycles. The third-order valence-corrected chi connectivity index (χ3v) is 8.34. The highest BCUT2D eigenvalue weighted by atomic mass is 16.5. The van der Waals surface area contributed by atoms with Gasteiger partial charge in [0.1, 0.15) is 17.5 Å². The lowest BCUT2D eigenvalue weighted by atomic mass is 9.52. The van der Waals surface area contributed by atoms with Crippen LogP contribution in [0.4, 0.5) is 0 Å². The number of fused-ring (bicyclic) bond motifs is 1. The molecule has 2 bridgehead atoms. The van der Waals surface area contributed by atoms with E-state index in [2.05, 4.69) is 29.4 Å². The van der Waals surface area contributed by atoms with Crippen LogP contribution in [-0.4, -0.2) is 47.6 Å². The van der Waals surface area contributed by atoms with Crippen LogP contribution >= 0.6 is 0 Å². The predicted molar refractivity (Wildman–Crippen MR) is 130 cm³/mol. The summed E-state index contributed by atoms with van der Waals surface area (Å²) >= 11 is 0. The number of benzene rings is 2. The highest BCUT2D eigenvalue weighted by molar-refractivity contribution is 5.84. The Labute approximate surface area is 201 Å². The van der Waals surface area contributed by atoms with Gasteiger partial charge in [-0.2, -0.15) is 0 Å². The lowest BCUT2D eigenvalue weighted by Crippen LogP contribution is -2.59. The van der Waals surface area contributed by atoms with E-state index in [-0.39, 0.29) is 17.1 Å². The van der Waals surface area contributed by atoms with Crippen molar-refractivity contribution in [3.63, 3.8) is 0 Å². The summed E-state index contributed by atoms with van der Waals surface area (Å²) in [6.45, 7) is 2.51. The second-order valence-corrected chi connectivity index (χ2v) is 10.4. The zero-order chi connectivity index (χ0) is 23.9. The van der Waals surface area contributed by atoms with E-state index >= 15 is 0 Å². The fourth-order valence-electron chi connectivity index (χ4n) is 6.73. The van der Waals surface area contributed by atoms with Crippen LogP contribution < -0.4 is 10.1 Å². The number of esters is 1. The van der Waals surface area contributed by atoms with Gasteiger partial charge >= 0.3 is 5.97 Å². The fourth-order valence-corrected chi connectivity index (χ4v) is 6.73. The zero-order valence-corrected chi connectivity index (χ0v) is 20.0. The van der Waals surface area contributed by atoms with E-state index in [0.717, 1.165) is 24.9 Å². The minimum atomic E-state index is -0.800. The second kappa shape index (κ2) is 9.06. The van der Waals surface area contributed by atoms with Crippen LogP contribution in [0.3, 0.4) is 0 Å². The first-order chi connectivity index (χ1) is 16.4. The number of amides is 1. The monoisotopic (exact) mass is 462 g/mol. The number of phenolic OH excluding ortho intramolecular Hbond substituents is 1. The van der Waals surface area contributed by atoms with Gasteiger partial charge in [-0.1, -0.05) is 31.0 Å². The first kappa shape index (κ1) is 22.9. The largest absolute Gasteiger partial charge is 0.508 e. The zero-order valence-electron chi connectivity index (χ0n) is 20.0. The average Bonchev–Trinajstić information content (AvgIpc) is 2.82. The molecule has 1 amide bonds. The van der Waals surface area contributed by atoms with E-state index in [1.54, 1.807) is 24.3 Å². The molecule has 1 aliphatic heterocycles. The summed E-state index contributed by atoms with van der Waals surface area (Å²) in [4.78, 5) is 27.5. The first-order valence-corrected chi connectivity index (χ1v) is 12.5. The Balaban J connectivity index is 1.40. The van der Waals surface area contributed by atoms with Gasteiger partial charge in [0.05, 0.1) is 0 Å². The summed E-state index contributed by atoms with van der Waals surface area (Å²) in [5.74, 6) is 0.624. The molecule has 0 radical (unpaired) electrons. The fraction of sp³-hybridized carbons (Fsp3) is 0.500. The number of nitrogens with zero attached hydrogens (tertiary/aromatic N) is 1. The van der Waals surface area contributed by atoms with Gasteiger partial charge in [0, 0.05) is 24.8 Å². The molecular weight excluding hydrogens is 428 g/mol. The number of carbonyl (C=O) groups excluding carboxylic acids is 2. The minimum absolute atomic E-state index is 0.160. The number of nitrogens with one attached hydrogen (secondary N) is 1. The highest BCUT2D eigenvalue weighted by Gasteiger charge is 2.53. The van der Waals surface area contributed by atoms with Crippen LogP contribution in [0.1, 0.15) is 55.7 Å². The molecule has 5 rings (SSSR count). The van der Waals surface area contributed by atoms with Crippen molar-refractivity contribution in [1.82, 2.24) is 10.2 Å². The number of hydrogen-bond donors (Lipinski definition) is 2. The summed E-state index contributed by atoms with van der Waals surface area (Å²) in [6.07, 6.45) is 7.55. The Kier molecular flexibility index (Phi) is 6.11. The molecule has 2 aromatic carbocycles. The van der Waals surface area contributed by atoms with E-state index in [1.165, 1.54) is 43.7 Å². The standard InChI is InChI=1S/C28H34N2O4/c1-18(31)29-25(15-19-6-9-21(32)10-7-19)27(33)34-22-11-8-20-16-26-23-5-3-4-12-28(23,24(20)17-22)13-14-30(26)2/h6-11,17,23,25-26,32H,3-5,12-16H2,1-2H3,(H,29,31)/t23?,25?,26?,28-/m1/s1. The van der Waals surface area contributed by atoms with Gasteiger partial charge in [-0.05, 0) is 86.1 Å². The van der Waals surface area contributed by atoms with Gasteiger partial charge in [0.15, 0.2) is 0 Å². The molecule has 3 unspecified atom stereocenters. The molecule has 6 heteroatoms. The number of aromatic hydroxyl groups is 1. The van der Waals surface area contributed by atoms with Crippen molar-refractivity contribution in [2.45, 2.75) is 69.4 Å². The molecule has 0 aromatic heterocycles. The Hall–Kier alpha value is -2.86. The Morgan fingerprint density at radius 1 is 1.18 bits per heavy atom. The normalized spacial score (nSPS) is 26.6. The van der Waals surface area contributed by atoms with Crippen molar-refractivity contribution in [2.75, 3.05) is 13.6 Å². The molecule has 0 spiro atoms. The molecule has 2 aromatic rings. The third kappa shape index (κ3) is 4.20. The summed E-state index contributed by atoms with van der Waals surface area (Å²) in [6, 6.07) is 12.6. The molecule has 1 heterocycles. The van der Waals surface area contributed by atoms with Gasteiger partial charge < -0.3 is 20.1 Å². The van der Waals surface area contributed by atoms with Crippen LogP contribution in [0.15, 0.2) is 42.5 Å². The molecule has 2 fully saturated rings. The van der Waals surface area contributed by atoms with Crippen molar-refractivity contribution >= 4 is 11.9 Å². The quantitative estimate of drug-likeness (QED) is 0.523.